The molecule has 2 rings (SSSR count). The zero-order valence-corrected chi connectivity index (χ0v) is 8.29. The lowest BCUT2D eigenvalue weighted by Crippen LogP contribution is -1.83. The number of phenols is 3. The maximum absolute atomic E-state index is 9.25. The fourth-order valence-corrected chi connectivity index (χ4v) is 1.22. The van der Waals surface area contributed by atoms with E-state index in [0.717, 1.165) is 0 Å². The van der Waals surface area contributed by atoms with Gasteiger partial charge in [-0.15, -0.1) is 0 Å². The molecule has 0 fully saturated rings. The topological polar surface area (TPSA) is 69.9 Å². The molecule has 2 aromatic rings. The maximum Gasteiger partial charge on any atom is 0.161 e. The van der Waals surface area contributed by atoms with Gasteiger partial charge in [-0.2, -0.15) is 0 Å². The molecule has 0 saturated carbocycles. The minimum absolute atomic E-state index is 0.154. The molecule has 0 saturated heterocycles. The van der Waals surface area contributed by atoms with Crippen LogP contribution in [-0.4, -0.2) is 15.3 Å². The average molecular weight is 218 g/mol. The van der Waals surface area contributed by atoms with Gasteiger partial charge in [0.1, 0.15) is 17.2 Å². The zero-order valence-electron chi connectivity index (χ0n) is 8.29. The monoisotopic (exact) mass is 218 g/mol. The molecule has 0 aliphatic rings. The van der Waals surface area contributed by atoms with E-state index in [4.69, 9.17) is 14.9 Å². The van der Waals surface area contributed by atoms with E-state index >= 15 is 0 Å². The van der Waals surface area contributed by atoms with E-state index < -0.39 is 0 Å². The fourth-order valence-electron chi connectivity index (χ4n) is 1.22. The van der Waals surface area contributed by atoms with Crippen LogP contribution in [0.5, 0.6) is 28.7 Å². The quantitative estimate of drug-likeness (QED) is 0.677. The summed E-state index contributed by atoms with van der Waals surface area (Å²) in [5.74, 6) is 0.652. The van der Waals surface area contributed by atoms with Crippen LogP contribution in [0.15, 0.2) is 42.5 Å². The van der Waals surface area contributed by atoms with Gasteiger partial charge in [0, 0.05) is 6.07 Å². The summed E-state index contributed by atoms with van der Waals surface area (Å²) >= 11 is 0. The number of hydrogen-bond acceptors (Lipinski definition) is 4. The van der Waals surface area contributed by atoms with Crippen LogP contribution in [-0.2, 0) is 0 Å². The molecule has 16 heavy (non-hydrogen) atoms. The van der Waals surface area contributed by atoms with E-state index in [9.17, 15) is 5.11 Å². The highest BCUT2D eigenvalue weighted by Crippen LogP contribution is 2.31. The molecule has 3 N–H and O–H groups in total. The predicted octanol–water partition coefficient (Wildman–Crippen LogP) is 2.60. The minimum Gasteiger partial charge on any atom is -0.508 e. The van der Waals surface area contributed by atoms with Gasteiger partial charge in [0.2, 0.25) is 0 Å². The SMILES string of the molecule is Oc1ccc(Oc2ccc(O)c(O)c2)cc1. The van der Waals surface area contributed by atoms with Crippen molar-refractivity contribution in [3.8, 4) is 28.7 Å². The Bertz CT molecular complexity index is 491. The summed E-state index contributed by atoms with van der Waals surface area (Å²) in [6.45, 7) is 0. The highest BCUT2D eigenvalue weighted by atomic mass is 16.5. The van der Waals surface area contributed by atoms with Crippen LogP contribution in [0.25, 0.3) is 0 Å². The molecular formula is C12H10O4. The van der Waals surface area contributed by atoms with E-state index in [2.05, 4.69) is 0 Å². The second-order valence-corrected chi connectivity index (χ2v) is 3.25. The highest BCUT2D eigenvalue weighted by molar-refractivity contribution is 5.45. The smallest absolute Gasteiger partial charge is 0.161 e. The first-order valence-corrected chi connectivity index (χ1v) is 4.64. The van der Waals surface area contributed by atoms with Crippen LogP contribution < -0.4 is 4.74 Å². The molecule has 0 unspecified atom stereocenters. The third-order valence-electron chi connectivity index (χ3n) is 2.02. The lowest BCUT2D eigenvalue weighted by Gasteiger charge is -2.06. The molecule has 0 amide bonds. The molecule has 0 aliphatic heterocycles. The Labute approximate surface area is 92.0 Å². The largest absolute Gasteiger partial charge is 0.508 e. The van der Waals surface area contributed by atoms with Crippen molar-refractivity contribution in [3.05, 3.63) is 42.5 Å². The van der Waals surface area contributed by atoms with Gasteiger partial charge in [-0.25, -0.2) is 0 Å². The summed E-state index contributed by atoms with van der Waals surface area (Å²) in [7, 11) is 0. The van der Waals surface area contributed by atoms with E-state index in [-0.39, 0.29) is 17.2 Å². The first kappa shape index (κ1) is 10.2. The van der Waals surface area contributed by atoms with Crippen molar-refractivity contribution >= 4 is 0 Å². The Balaban J connectivity index is 2.20. The zero-order chi connectivity index (χ0) is 11.5. The average Bonchev–Trinajstić information content (AvgIpc) is 2.27. The van der Waals surface area contributed by atoms with Gasteiger partial charge in [-0.1, -0.05) is 0 Å². The maximum atomic E-state index is 9.25. The first-order valence-electron chi connectivity index (χ1n) is 4.64. The van der Waals surface area contributed by atoms with Gasteiger partial charge >= 0.3 is 0 Å². The highest BCUT2D eigenvalue weighted by Gasteiger charge is 2.02. The molecule has 0 atom stereocenters. The standard InChI is InChI=1S/C12H10O4/c13-8-1-3-9(4-2-8)16-10-5-6-11(14)12(15)7-10/h1-7,13-15H. The molecule has 0 radical (unpaired) electrons. The summed E-state index contributed by atoms with van der Waals surface area (Å²) in [6, 6.07) is 10.4. The van der Waals surface area contributed by atoms with Crippen LogP contribution in [0.2, 0.25) is 0 Å². The third-order valence-corrected chi connectivity index (χ3v) is 2.02. The lowest BCUT2D eigenvalue weighted by atomic mass is 10.3. The molecule has 82 valence electrons. The summed E-state index contributed by atoms with van der Waals surface area (Å²) in [5, 5.41) is 27.4. The van der Waals surface area contributed by atoms with Gasteiger partial charge in [0.05, 0.1) is 0 Å². The molecule has 2 aromatic carbocycles. The Morgan fingerprint density at radius 2 is 1.31 bits per heavy atom. The normalized spacial score (nSPS) is 10.0. The number of rotatable bonds is 2. The van der Waals surface area contributed by atoms with Crippen molar-refractivity contribution < 1.29 is 20.1 Å². The van der Waals surface area contributed by atoms with Crippen LogP contribution in [0, 0.1) is 0 Å². The van der Waals surface area contributed by atoms with Crippen LogP contribution >= 0.6 is 0 Å². The molecule has 0 heterocycles. The van der Waals surface area contributed by atoms with Crippen molar-refractivity contribution in [2.45, 2.75) is 0 Å². The number of benzene rings is 2. The Hall–Kier alpha value is -2.36. The number of hydrogen-bond donors (Lipinski definition) is 3. The fraction of sp³-hybridized carbons (Fsp3) is 0. The third kappa shape index (κ3) is 2.17. The van der Waals surface area contributed by atoms with E-state index in [1.165, 1.54) is 30.3 Å². The molecule has 0 bridgehead atoms. The van der Waals surface area contributed by atoms with Gasteiger partial charge in [0.25, 0.3) is 0 Å². The molecule has 0 spiro atoms. The first-order chi connectivity index (χ1) is 7.65. The molecule has 0 aliphatic carbocycles. The van der Waals surface area contributed by atoms with E-state index in [0.29, 0.717) is 11.5 Å². The van der Waals surface area contributed by atoms with Crippen molar-refractivity contribution in [3.63, 3.8) is 0 Å². The number of phenolic OH excluding ortho intramolecular Hbond substituents is 3. The van der Waals surface area contributed by atoms with Crippen molar-refractivity contribution in [2.75, 3.05) is 0 Å². The van der Waals surface area contributed by atoms with Gasteiger partial charge in [0.15, 0.2) is 11.5 Å². The molecular weight excluding hydrogens is 208 g/mol. The summed E-state index contributed by atoms with van der Waals surface area (Å²) < 4.78 is 5.39. The number of aromatic hydroxyl groups is 3. The van der Waals surface area contributed by atoms with E-state index in [1.54, 1.807) is 12.1 Å². The van der Waals surface area contributed by atoms with Crippen LogP contribution in [0.4, 0.5) is 0 Å². The second-order valence-electron chi connectivity index (χ2n) is 3.25. The Morgan fingerprint density at radius 3 is 1.94 bits per heavy atom. The van der Waals surface area contributed by atoms with Crippen LogP contribution in [0.1, 0.15) is 0 Å². The predicted molar refractivity (Wildman–Crippen MR) is 58.0 cm³/mol. The molecule has 4 nitrogen and oxygen atoms in total. The van der Waals surface area contributed by atoms with Gasteiger partial charge < -0.3 is 20.1 Å². The van der Waals surface area contributed by atoms with Crippen LogP contribution in [0.3, 0.4) is 0 Å². The summed E-state index contributed by atoms with van der Waals surface area (Å²) in [5.41, 5.74) is 0. The second kappa shape index (κ2) is 4.02. The van der Waals surface area contributed by atoms with Crippen molar-refractivity contribution in [1.82, 2.24) is 0 Å². The molecule has 0 aromatic heterocycles. The summed E-state index contributed by atoms with van der Waals surface area (Å²) in [4.78, 5) is 0. The summed E-state index contributed by atoms with van der Waals surface area (Å²) in [6.07, 6.45) is 0. The minimum atomic E-state index is -0.240. The van der Waals surface area contributed by atoms with Crippen molar-refractivity contribution in [1.29, 1.82) is 0 Å². The van der Waals surface area contributed by atoms with Gasteiger partial charge in [-0.3, -0.25) is 0 Å². The van der Waals surface area contributed by atoms with E-state index in [1.807, 2.05) is 0 Å². The molecule has 4 heteroatoms. The van der Waals surface area contributed by atoms with Gasteiger partial charge in [-0.05, 0) is 36.4 Å². The Kier molecular flexibility index (Phi) is 2.55. The Morgan fingerprint density at radius 1 is 0.688 bits per heavy atom. The lowest BCUT2D eigenvalue weighted by molar-refractivity contribution is 0.397. The number of ether oxygens (including phenoxy) is 1. The van der Waals surface area contributed by atoms with Crippen molar-refractivity contribution in [2.24, 2.45) is 0 Å².